The first kappa shape index (κ1) is 14.9. The van der Waals surface area contributed by atoms with Crippen molar-refractivity contribution in [3.8, 4) is 6.07 Å². The molecule has 5 heteroatoms. The third kappa shape index (κ3) is 3.16. The molecule has 0 aromatic heterocycles. The van der Waals surface area contributed by atoms with Crippen LogP contribution in [-0.4, -0.2) is 7.05 Å². The average molecular weight is 290 g/mol. The zero-order valence-electron chi connectivity index (χ0n) is 11.6. The lowest BCUT2D eigenvalue weighted by Gasteiger charge is -2.21. The Hall–Kier alpha value is -2.48. The molecule has 21 heavy (non-hydrogen) atoms. The van der Waals surface area contributed by atoms with Gasteiger partial charge in [-0.05, 0) is 42.8 Å². The average Bonchev–Trinajstić information content (AvgIpc) is 2.45. The highest BCUT2D eigenvalue weighted by atomic mass is 19.4. The van der Waals surface area contributed by atoms with E-state index in [-0.39, 0.29) is 5.56 Å². The van der Waals surface area contributed by atoms with E-state index in [1.807, 2.05) is 31.2 Å². The Morgan fingerprint density at radius 1 is 1.05 bits per heavy atom. The number of alkyl halides is 3. The molecule has 0 aliphatic carbocycles. The van der Waals surface area contributed by atoms with Gasteiger partial charge < -0.3 is 4.90 Å². The van der Waals surface area contributed by atoms with Crippen LogP contribution < -0.4 is 4.90 Å². The predicted octanol–water partition coefficient (Wildman–Crippen LogP) is 4.65. The minimum absolute atomic E-state index is 0.371. The maximum Gasteiger partial charge on any atom is 0.417 e. The molecular formula is C16H13F3N2. The lowest BCUT2D eigenvalue weighted by atomic mass is 10.1. The van der Waals surface area contributed by atoms with Gasteiger partial charge in [0.05, 0.1) is 17.2 Å². The number of rotatable bonds is 2. The van der Waals surface area contributed by atoms with Crippen molar-refractivity contribution in [3.63, 3.8) is 0 Å². The molecule has 0 atom stereocenters. The molecule has 0 saturated heterocycles. The standard InChI is InChI=1S/C16H13F3N2/c1-11-4-3-5-13(8-11)21(2)14-7-6-12(10-20)15(9-14)16(17,18)19/h3-9H,1-2H3. The van der Waals surface area contributed by atoms with Gasteiger partial charge in [-0.15, -0.1) is 0 Å². The van der Waals surface area contributed by atoms with E-state index in [1.165, 1.54) is 12.1 Å². The van der Waals surface area contributed by atoms with E-state index in [4.69, 9.17) is 5.26 Å². The molecule has 2 aromatic carbocycles. The van der Waals surface area contributed by atoms with Crippen LogP contribution in [0.2, 0.25) is 0 Å². The zero-order valence-corrected chi connectivity index (χ0v) is 11.6. The minimum atomic E-state index is -4.55. The van der Waals surface area contributed by atoms with Crippen LogP contribution in [0.1, 0.15) is 16.7 Å². The van der Waals surface area contributed by atoms with Crippen molar-refractivity contribution in [1.29, 1.82) is 5.26 Å². The van der Waals surface area contributed by atoms with Crippen LogP contribution in [0.5, 0.6) is 0 Å². The molecule has 0 unspecified atom stereocenters. The molecule has 0 heterocycles. The zero-order chi connectivity index (χ0) is 15.6. The van der Waals surface area contributed by atoms with Crippen molar-refractivity contribution in [3.05, 3.63) is 59.2 Å². The van der Waals surface area contributed by atoms with E-state index in [9.17, 15) is 13.2 Å². The molecule has 0 saturated carbocycles. The van der Waals surface area contributed by atoms with Crippen molar-refractivity contribution < 1.29 is 13.2 Å². The van der Waals surface area contributed by atoms with Gasteiger partial charge in [-0.2, -0.15) is 18.4 Å². The summed E-state index contributed by atoms with van der Waals surface area (Å²) < 4.78 is 38.9. The van der Waals surface area contributed by atoms with E-state index in [2.05, 4.69) is 0 Å². The summed E-state index contributed by atoms with van der Waals surface area (Å²) in [4.78, 5) is 1.66. The van der Waals surface area contributed by atoms with Crippen LogP contribution in [0, 0.1) is 18.3 Å². The van der Waals surface area contributed by atoms with Gasteiger partial charge in [0.1, 0.15) is 0 Å². The van der Waals surface area contributed by atoms with E-state index in [0.29, 0.717) is 5.69 Å². The summed E-state index contributed by atoms with van der Waals surface area (Å²) in [7, 11) is 1.69. The number of nitrogens with zero attached hydrogens (tertiary/aromatic N) is 2. The van der Waals surface area contributed by atoms with E-state index < -0.39 is 11.7 Å². The van der Waals surface area contributed by atoms with Gasteiger partial charge in [0.15, 0.2) is 0 Å². The number of aryl methyl sites for hydroxylation is 1. The quantitative estimate of drug-likeness (QED) is 0.804. The highest BCUT2D eigenvalue weighted by Gasteiger charge is 2.34. The first-order valence-corrected chi connectivity index (χ1v) is 6.24. The summed E-state index contributed by atoms with van der Waals surface area (Å²) in [6, 6.07) is 12.7. The molecular weight excluding hydrogens is 277 g/mol. The lowest BCUT2D eigenvalue weighted by molar-refractivity contribution is -0.137. The molecule has 2 rings (SSSR count). The Bertz CT molecular complexity index is 699. The maximum absolute atomic E-state index is 13.0. The molecule has 0 radical (unpaired) electrons. The SMILES string of the molecule is Cc1cccc(N(C)c2ccc(C#N)c(C(F)(F)F)c2)c1. The van der Waals surface area contributed by atoms with Gasteiger partial charge >= 0.3 is 6.18 Å². The second-order valence-corrected chi connectivity index (χ2v) is 4.74. The summed E-state index contributed by atoms with van der Waals surface area (Å²) in [5.74, 6) is 0. The fraction of sp³-hybridized carbons (Fsp3) is 0.188. The van der Waals surface area contributed by atoms with Crippen LogP contribution >= 0.6 is 0 Å². The van der Waals surface area contributed by atoms with Crippen LogP contribution in [-0.2, 0) is 6.18 Å². The Morgan fingerprint density at radius 3 is 2.29 bits per heavy atom. The van der Waals surface area contributed by atoms with Crippen LogP contribution in [0.25, 0.3) is 0 Å². The number of halogens is 3. The molecule has 108 valence electrons. The number of anilines is 2. The lowest BCUT2D eigenvalue weighted by Crippen LogP contribution is -2.13. The third-order valence-corrected chi connectivity index (χ3v) is 3.21. The smallest absolute Gasteiger partial charge is 0.345 e. The molecule has 2 aromatic rings. The molecule has 0 amide bonds. The van der Waals surface area contributed by atoms with Gasteiger partial charge in [0.2, 0.25) is 0 Å². The number of hydrogen-bond donors (Lipinski definition) is 0. The van der Waals surface area contributed by atoms with Crippen molar-refractivity contribution in [1.82, 2.24) is 0 Å². The fourth-order valence-electron chi connectivity index (χ4n) is 2.06. The molecule has 0 N–H and O–H groups in total. The van der Waals surface area contributed by atoms with Crippen molar-refractivity contribution in [2.45, 2.75) is 13.1 Å². The molecule has 0 fully saturated rings. The maximum atomic E-state index is 13.0. The number of hydrogen-bond acceptors (Lipinski definition) is 2. The summed E-state index contributed by atoms with van der Waals surface area (Å²) >= 11 is 0. The van der Waals surface area contributed by atoms with Gasteiger partial charge in [-0.25, -0.2) is 0 Å². The Labute approximate surface area is 121 Å². The Morgan fingerprint density at radius 2 is 1.71 bits per heavy atom. The Kier molecular flexibility index (Phi) is 3.90. The van der Waals surface area contributed by atoms with Gasteiger partial charge in [0.25, 0.3) is 0 Å². The van der Waals surface area contributed by atoms with Crippen LogP contribution in [0.3, 0.4) is 0 Å². The minimum Gasteiger partial charge on any atom is -0.345 e. The number of benzene rings is 2. The molecule has 0 aliphatic heterocycles. The monoisotopic (exact) mass is 290 g/mol. The van der Waals surface area contributed by atoms with Crippen molar-refractivity contribution >= 4 is 11.4 Å². The van der Waals surface area contributed by atoms with E-state index >= 15 is 0 Å². The fourth-order valence-corrected chi connectivity index (χ4v) is 2.06. The summed E-state index contributed by atoms with van der Waals surface area (Å²) in [6.07, 6.45) is -4.55. The molecule has 0 spiro atoms. The van der Waals surface area contributed by atoms with Gasteiger partial charge in [-0.1, -0.05) is 12.1 Å². The predicted molar refractivity (Wildman–Crippen MR) is 75.4 cm³/mol. The second-order valence-electron chi connectivity index (χ2n) is 4.74. The van der Waals surface area contributed by atoms with Gasteiger partial charge in [-0.3, -0.25) is 0 Å². The van der Waals surface area contributed by atoms with Crippen LogP contribution in [0.15, 0.2) is 42.5 Å². The third-order valence-electron chi connectivity index (χ3n) is 3.21. The topological polar surface area (TPSA) is 27.0 Å². The van der Waals surface area contributed by atoms with E-state index in [1.54, 1.807) is 18.0 Å². The normalized spacial score (nSPS) is 11.0. The first-order chi connectivity index (χ1) is 9.82. The highest BCUT2D eigenvalue weighted by Crippen LogP contribution is 2.35. The highest BCUT2D eigenvalue weighted by molar-refractivity contribution is 5.65. The first-order valence-electron chi connectivity index (χ1n) is 6.24. The Balaban J connectivity index is 2.48. The van der Waals surface area contributed by atoms with Gasteiger partial charge in [0, 0.05) is 18.4 Å². The van der Waals surface area contributed by atoms with Crippen molar-refractivity contribution in [2.75, 3.05) is 11.9 Å². The summed E-state index contributed by atoms with van der Waals surface area (Å²) in [6.45, 7) is 1.91. The second kappa shape index (κ2) is 5.49. The largest absolute Gasteiger partial charge is 0.417 e. The van der Waals surface area contributed by atoms with Crippen LogP contribution in [0.4, 0.5) is 24.5 Å². The summed E-state index contributed by atoms with van der Waals surface area (Å²) in [5, 5.41) is 8.80. The molecule has 0 aliphatic rings. The van der Waals surface area contributed by atoms with E-state index in [0.717, 1.165) is 17.3 Å². The number of nitriles is 1. The van der Waals surface area contributed by atoms with Crippen molar-refractivity contribution in [2.24, 2.45) is 0 Å². The molecule has 2 nitrogen and oxygen atoms in total. The molecule has 0 bridgehead atoms. The summed E-state index contributed by atoms with van der Waals surface area (Å²) in [5.41, 5.74) is 0.898.